The van der Waals surface area contributed by atoms with E-state index in [1.165, 1.54) is 11.3 Å². The van der Waals surface area contributed by atoms with Crippen LogP contribution in [0.3, 0.4) is 0 Å². The minimum atomic E-state index is -0.334. The Morgan fingerprint density at radius 2 is 2.00 bits per heavy atom. The van der Waals surface area contributed by atoms with Crippen LogP contribution in [0, 0.1) is 5.41 Å². The highest BCUT2D eigenvalue weighted by atomic mass is 32.1. The van der Waals surface area contributed by atoms with Crippen molar-refractivity contribution in [2.24, 2.45) is 5.73 Å². The van der Waals surface area contributed by atoms with E-state index in [2.05, 4.69) is 28.8 Å². The topological polar surface area (TPSA) is 140 Å². The Morgan fingerprint density at radius 1 is 1.24 bits per heavy atom. The third-order valence-corrected chi connectivity index (χ3v) is 9.10. The fourth-order valence-electron chi connectivity index (χ4n) is 6.26. The second-order valence-corrected chi connectivity index (χ2v) is 11.1. The van der Waals surface area contributed by atoms with Gasteiger partial charge in [-0.3, -0.25) is 10.3 Å². The third-order valence-electron chi connectivity index (χ3n) is 8.01. The summed E-state index contributed by atoms with van der Waals surface area (Å²) in [6.07, 6.45) is 9.55. The number of nitrogens with two attached hydrogens (primary N) is 3. The summed E-state index contributed by atoms with van der Waals surface area (Å²) in [7, 11) is 2.13. The average molecular weight is 482 g/mol. The second-order valence-electron chi connectivity index (χ2n) is 9.97. The van der Waals surface area contributed by atoms with E-state index >= 15 is 0 Å². The van der Waals surface area contributed by atoms with Gasteiger partial charge in [-0.2, -0.15) is 4.98 Å². The molecule has 2 aromatic rings. The van der Waals surface area contributed by atoms with Gasteiger partial charge in [0.05, 0.1) is 17.1 Å². The minimum absolute atomic E-state index is 0.0214. The lowest BCUT2D eigenvalue weighted by Gasteiger charge is -2.42. The molecule has 0 aromatic carbocycles. The highest BCUT2D eigenvalue weighted by molar-refractivity contribution is 7.16. The number of likely N-dealkylation sites (N-methyl/N-ethyl adjacent to an activating group) is 1. The number of allylic oxidation sites excluding steroid dienone is 2. The molecular formula is C25H35N7OS. The minimum Gasteiger partial charge on any atom is -0.459 e. The van der Waals surface area contributed by atoms with Gasteiger partial charge in [-0.05, 0) is 83.5 Å². The quantitative estimate of drug-likeness (QED) is 0.478. The van der Waals surface area contributed by atoms with Gasteiger partial charge >= 0.3 is 6.01 Å². The zero-order chi connectivity index (χ0) is 24.0. The smallest absolute Gasteiger partial charge is 0.317 e. The van der Waals surface area contributed by atoms with Crippen molar-refractivity contribution in [1.29, 1.82) is 5.41 Å². The van der Waals surface area contributed by atoms with E-state index in [-0.39, 0.29) is 11.5 Å². The van der Waals surface area contributed by atoms with E-state index in [0.717, 1.165) is 68.3 Å². The predicted octanol–water partition coefficient (Wildman–Crippen LogP) is 3.60. The van der Waals surface area contributed by atoms with Gasteiger partial charge in [0.15, 0.2) is 0 Å². The number of hydrogen-bond donors (Lipinski definition) is 4. The molecule has 0 radical (unpaired) electrons. The molecule has 3 heterocycles. The van der Waals surface area contributed by atoms with Crippen LogP contribution in [0.5, 0.6) is 6.01 Å². The molecule has 1 unspecified atom stereocenters. The molecule has 3 atom stereocenters. The number of rotatable bonds is 5. The first kappa shape index (κ1) is 23.1. The van der Waals surface area contributed by atoms with Gasteiger partial charge in [-0.25, -0.2) is 4.98 Å². The Morgan fingerprint density at radius 3 is 2.74 bits per heavy atom. The third kappa shape index (κ3) is 3.75. The van der Waals surface area contributed by atoms with E-state index in [9.17, 15) is 0 Å². The average Bonchev–Trinajstić information content (AvgIpc) is 3.38. The van der Waals surface area contributed by atoms with Gasteiger partial charge in [0, 0.05) is 33.8 Å². The van der Waals surface area contributed by atoms with E-state index in [4.69, 9.17) is 27.3 Å². The summed E-state index contributed by atoms with van der Waals surface area (Å²) in [6.45, 7) is 3.15. The molecule has 7 N–H and O–H groups in total. The molecule has 2 aromatic heterocycles. The fourth-order valence-corrected chi connectivity index (χ4v) is 7.39. The number of nitrogens with one attached hydrogen (secondary N) is 1. The molecule has 3 aliphatic rings. The summed E-state index contributed by atoms with van der Waals surface area (Å²) in [5.74, 6) is 0. The molecule has 0 saturated carbocycles. The molecular weight excluding hydrogens is 446 g/mol. The summed E-state index contributed by atoms with van der Waals surface area (Å²) in [6, 6.07) is 2.44. The van der Waals surface area contributed by atoms with Crippen molar-refractivity contribution in [3.05, 3.63) is 39.7 Å². The predicted molar refractivity (Wildman–Crippen MR) is 137 cm³/mol. The SMILES string of the molecule is C[C@H](Oc1nccc(C(=N)C2=C(N)C3(CCC2)CCCc2sc(N)c(N)c23)n1)[C@@H]1CCCN1C. The monoisotopic (exact) mass is 481 g/mol. The lowest BCUT2D eigenvalue weighted by molar-refractivity contribution is 0.112. The highest BCUT2D eigenvalue weighted by Gasteiger charge is 2.45. The van der Waals surface area contributed by atoms with Crippen molar-refractivity contribution in [3.63, 3.8) is 0 Å². The largest absolute Gasteiger partial charge is 0.459 e. The fraction of sp³-hybridized carbons (Fsp3) is 0.560. The molecule has 1 saturated heterocycles. The molecule has 1 fully saturated rings. The van der Waals surface area contributed by atoms with Gasteiger partial charge in [0.1, 0.15) is 11.1 Å². The van der Waals surface area contributed by atoms with Crippen LogP contribution in [0.4, 0.5) is 10.7 Å². The summed E-state index contributed by atoms with van der Waals surface area (Å²) < 4.78 is 6.11. The van der Waals surface area contributed by atoms with Gasteiger partial charge in [-0.1, -0.05) is 0 Å². The molecule has 0 bridgehead atoms. The number of thiophene rings is 1. The number of aromatic nitrogens is 2. The summed E-state index contributed by atoms with van der Waals surface area (Å²) in [4.78, 5) is 12.5. The van der Waals surface area contributed by atoms with E-state index in [1.54, 1.807) is 23.6 Å². The number of nitrogens with zero attached hydrogens (tertiary/aromatic N) is 3. The molecule has 34 heavy (non-hydrogen) atoms. The number of ether oxygens (including phenoxy) is 1. The Balaban J connectivity index is 1.45. The van der Waals surface area contributed by atoms with Crippen molar-refractivity contribution in [3.8, 4) is 6.01 Å². The van der Waals surface area contributed by atoms with Crippen LogP contribution >= 0.6 is 11.3 Å². The lowest BCUT2D eigenvalue weighted by atomic mass is 9.63. The maximum atomic E-state index is 9.03. The molecule has 0 amide bonds. The maximum Gasteiger partial charge on any atom is 0.317 e. The zero-order valence-electron chi connectivity index (χ0n) is 20.1. The number of likely N-dealkylation sites (tertiary alicyclic amines) is 1. The van der Waals surface area contributed by atoms with Crippen molar-refractivity contribution in [2.75, 3.05) is 25.1 Å². The number of anilines is 2. The van der Waals surface area contributed by atoms with E-state index in [1.807, 2.05) is 0 Å². The Kier molecular flexibility index (Phi) is 6.02. The summed E-state index contributed by atoms with van der Waals surface area (Å²) in [5.41, 5.74) is 23.6. The Bertz CT molecular complexity index is 1140. The molecule has 1 spiro atoms. The van der Waals surface area contributed by atoms with Crippen molar-refractivity contribution < 1.29 is 4.74 Å². The first-order valence-electron chi connectivity index (χ1n) is 12.3. The van der Waals surface area contributed by atoms with Crippen LogP contribution in [0.25, 0.3) is 0 Å². The molecule has 182 valence electrons. The molecule has 1 aliphatic heterocycles. The standard InChI is InChI=1S/C25H35N7OS/c1-14(17-7-5-13-32(17)2)33-24-30-12-9-16(31-24)20(26)15-6-3-10-25(22(15)28)11-4-8-18-19(25)21(27)23(29)34-18/h9,12,14,17,26H,3-8,10-11,13,27-29H2,1-2H3/t14-,17-,25?/m0/s1. The van der Waals surface area contributed by atoms with Crippen LogP contribution in [-0.2, 0) is 11.8 Å². The van der Waals surface area contributed by atoms with Crippen molar-refractivity contribution >= 4 is 27.7 Å². The Hall–Kier alpha value is -2.65. The van der Waals surface area contributed by atoms with Crippen LogP contribution in [0.2, 0.25) is 0 Å². The van der Waals surface area contributed by atoms with E-state index < -0.39 is 0 Å². The first-order valence-corrected chi connectivity index (χ1v) is 13.1. The summed E-state index contributed by atoms with van der Waals surface area (Å²) in [5, 5.41) is 9.71. The molecule has 5 rings (SSSR count). The van der Waals surface area contributed by atoms with Crippen LogP contribution < -0.4 is 21.9 Å². The van der Waals surface area contributed by atoms with Gasteiger partial charge < -0.3 is 21.9 Å². The summed E-state index contributed by atoms with van der Waals surface area (Å²) >= 11 is 1.59. The molecule has 9 heteroatoms. The number of hydrogen-bond acceptors (Lipinski definition) is 9. The molecule has 8 nitrogen and oxygen atoms in total. The zero-order valence-corrected chi connectivity index (χ0v) is 20.9. The Labute approximate surface area is 205 Å². The van der Waals surface area contributed by atoms with Gasteiger partial charge in [-0.15, -0.1) is 11.3 Å². The van der Waals surface area contributed by atoms with Crippen molar-refractivity contribution in [2.45, 2.75) is 75.9 Å². The van der Waals surface area contributed by atoms with Gasteiger partial charge in [0.2, 0.25) is 0 Å². The number of aryl methyl sites for hydroxylation is 1. The van der Waals surface area contributed by atoms with Gasteiger partial charge in [0.25, 0.3) is 0 Å². The second kappa shape index (κ2) is 8.85. The number of fused-ring (bicyclic) bond motifs is 2. The van der Waals surface area contributed by atoms with Crippen LogP contribution in [-0.4, -0.2) is 46.3 Å². The normalized spacial score (nSPS) is 26.0. The van der Waals surface area contributed by atoms with E-state index in [0.29, 0.717) is 34.1 Å². The maximum absolute atomic E-state index is 9.03. The van der Waals surface area contributed by atoms with Crippen molar-refractivity contribution in [1.82, 2.24) is 14.9 Å². The molecule has 2 aliphatic carbocycles. The van der Waals surface area contributed by atoms with Crippen LogP contribution in [0.15, 0.2) is 23.5 Å². The highest BCUT2D eigenvalue weighted by Crippen LogP contribution is 2.54. The van der Waals surface area contributed by atoms with Crippen LogP contribution in [0.1, 0.15) is 68.0 Å². The first-order chi connectivity index (χ1) is 16.3. The lowest BCUT2D eigenvalue weighted by Crippen LogP contribution is -2.40. The number of nitrogen functional groups attached to an aromatic ring is 2.